The van der Waals surface area contributed by atoms with E-state index in [2.05, 4.69) is 5.10 Å². The molecule has 2 aliphatic rings. The Hall–Kier alpha value is -2.14. The van der Waals surface area contributed by atoms with Gasteiger partial charge >= 0.3 is 0 Å². The van der Waals surface area contributed by atoms with E-state index in [4.69, 9.17) is 0 Å². The van der Waals surface area contributed by atoms with Gasteiger partial charge in [0.05, 0.1) is 23.5 Å². The van der Waals surface area contributed by atoms with Crippen molar-refractivity contribution >= 4 is 5.91 Å². The first-order valence-electron chi connectivity index (χ1n) is 9.15. The Morgan fingerprint density at radius 1 is 1.16 bits per heavy atom. The Balaban J connectivity index is 1.55. The highest BCUT2D eigenvalue weighted by atomic mass is 16.3. The van der Waals surface area contributed by atoms with Gasteiger partial charge in [0.25, 0.3) is 5.91 Å². The highest BCUT2D eigenvalue weighted by Gasteiger charge is 2.39. The summed E-state index contributed by atoms with van der Waals surface area (Å²) in [7, 11) is 0. The second-order valence-electron chi connectivity index (χ2n) is 7.49. The third kappa shape index (κ3) is 2.97. The van der Waals surface area contributed by atoms with Crippen LogP contribution in [0.3, 0.4) is 0 Å². The number of piperidine rings is 1. The number of likely N-dealkylation sites (tertiary alicyclic amines) is 1. The molecule has 2 heterocycles. The summed E-state index contributed by atoms with van der Waals surface area (Å²) in [5.41, 5.74) is 3.69. The molecule has 1 aromatic carbocycles. The Kier molecular flexibility index (Phi) is 4.12. The minimum atomic E-state index is -0.380. The van der Waals surface area contributed by atoms with E-state index in [0.717, 1.165) is 49.3 Å². The van der Waals surface area contributed by atoms with Gasteiger partial charge in [0, 0.05) is 17.8 Å². The minimum absolute atomic E-state index is 0.0179. The summed E-state index contributed by atoms with van der Waals surface area (Å²) in [4.78, 5) is 14.8. The van der Waals surface area contributed by atoms with Crippen LogP contribution in [0.1, 0.15) is 47.4 Å². The summed E-state index contributed by atoms with van der Waals surface area (Å²) in [5.74, 6) is 0.704. The normalized spacial score (nSPS) is 25.9. The minimum Gasteiger partial charge on any atom is -0.391 e. The summed E-state index contributed by atoms with van der Waals surface area (Å²) < 4.78 is 1.89. The first kappa shape index (κ1) is 16.3. The predicted molar refractivity (Wildman–Crippen MR) is 95.8 cm³/mol. The smallest absolute Gasteiger partial charge is 0.254 e. The third-order valence-electron chi connectivity index (χ3n) is 5.70. The molecule has 1 aliphatic heterocycles. The van der Waals surface area contributed by atoms with Gasteiger partial charge in [-0.1, -0.05) is 0 Å². The van der Waals surface area contributed by atoms with Crippen molar-refractivity contribution in [3.8, 4) is 5.69 Å². The van der Waals surface area contributed by atoms with Crippen LogP contribution in [0.4, 0.5) is 0 Å². The maximum absolute atomic E-state index is 13.0. The number of carbonyl (C=O) groups excluding carboxylic acids is 1. The molecule has 0 radical (unpaired) electrons. The van der Waals surface area contributed by atoms with Crippen molar-refractivity contribution in [3.05, 3.63) is 47.3 Å². The van der Waals surface area contributed by atoms with Gasteiger partial charge in [-0.25, -0.2) is 4.68 Å². The summed E-state index contributed by atoms with van der Waals surface area (Å²) in [6.45, 7) is 4.75. The van der Waals surface area contributed by atoms with Crippen molar-refractivity contribution in [1.29, 1.82) is 0 Å². The van der Waals surface area contributed by atoms with Crippen LogP contribution in [0.2, 0.25) is 0 Å². The van der Waals surface area contributed by atoms with E-state index in [1.165, 1.54) is 0 Å². The highest BCUT2D eigenvalue weighted by molar-refractivity contribution is 5.94. The van der Waals surface area contributed by atoms with E-state index in [-0.39, 0.29) is 18.1 Å². The fourth-order valence-electron chi connectivity index (χ4n) is 4.35. The van der Waals surface area contributed by atoms with E-state index in [0.29, 0.717) is 11.5 Å². The number of carbonyl (C=O) groups is 1. The monoisotopic (exact) mass is 339 g/mol. The molecule has 25 heavy (non-hydrogen) atoms. The number of hydrogen-bond acceptors (Lipinski definition) is 3. The van der Waals surface area contributed by atoms with Crippen molar-refractivity contribution in [1.82, 2.24) is 14.7 Å². The Labute approximate surface area is 148 Å². The number of aliphatic hydroxyl groups is 1. The molecule has 0 spiro atoms. The molecular weight excluding hydrogens is 314 g/mol. The lowest BCUT2D eigenvalue weighted by molar-refractivity contribution is -0.0184. The number of benzene rings is 1. The number of aryl methyl sites for hydroxylation is 2. The first-order chi connectivity index (χ1) is 12.0. The summed E-state index contributed by atoms with van der Waals surface area (Å²) in [5, 5.41) is 14.8. The lowest BCUT2D eigenvalue weighted by Crippen LogP contribution is -2.54. The van der Waals surface area contributed by atoms with Gasteiger partial charge in [-0.3, -0.25) is 4.79 Å². The predicted octanol–water partition coefficient (Wildman–Crippen LogP) is 2.86. The molecule has 4 rings (SSSR count). The van der Waals surface area contributed by atoms with Crippen LogP contribution in [0, 0.1) is 19.8 Å². The van der Waals surface area contributed by atoms with Gasteiger partial charge in [0.2, 0.25) is 0 Å². The molecular formula is C20H25N3O2. The van der Waals surface area contributed by atoms with Gasteiger partial charge in [0.15, 0.2) is 0 Å². The lowest BCUT2D eigenvalue weighted by Gasteiger charge is -2.45. The SMILES string of the molecule is Cc1cc(C)n(-c2ccc(C(=O)N3CCC4CCC(O)C3C4)cc2)n1. The second kappa shape index (κ2) is 6.30. The summed E-state index contributed by atoms with van der Waals surface area (Å²) >= 11 is 0. The van der Waals surface area contributed by atoms with Crippen LogP contribution in [0.5, 0.6) is 0 Å². The van der Waals surface area contributed by atoms with Crippen molar-refractivity contribution in [3.63, 3.8) is 0 Å². The molecule has 1 aromatic heterocycles. The number of rotatable bonds is 2. The molecule has 1 saturated carbocycles. The Bertz CT molecular complexity index is 781. The molecule has 2 fully saturated rings. The average molecular weight is 339 g/mol. The number of aliphatic hydroxyl groups excluding tert-OH is 1. The number of nitrogens with zero attached hydrogens (tertiary/aromatic N) is 3. The van der Waals surface area contributed by atoms with Crippen LogP contribution in [0.15, 0.2) is 30.3 Å². The molecule has 1 N–H and O–H groups in total. The zero-order valence-corrected chi connectivity index (χ0v) is 14.9. The maximum Gasteiger partial charge on any atom is 0.254 e. The average Bonchev–Trinajstić information content (AvgIpc) is 2.96. The quantitative estimate of drug-likeness (QED) is 0.915. The van der Waals surface area contributed by atoms with Crippen LogP contribution >= 0.6 is 0 Å². The molecule has 1 aliphatic carbocycles. The van der Waals surface area contributed by atoms with Crippen molar-refractivity contribution in [2.24, 2.45) is 5.92 Å². The highest BCUT2D eigenvalue weighted by Crippen LogP contribution is 2.35. The van der Waals surface area contributed by atoms with Gasteiger partial charge in [0.1, 0.15) is 0 Å². The van der Waals surface area contributed by atoms with Crippen LogP contribution in [0.25, 0.3) is 5.69 Å². The van der Waals surface area contributed by atoms with Gasteiger partial charge in [-0.05, 0) is 75.8 Å². The topological polar surface area (TPSA) is 58.4 Å². The second-order valence-corrected chi connectivity index (χ2v) is 7.49. The molecule has 5 nitrogen and oxygen atoms in total. The third-order valence-corrected chi connectivity index (χ3v) is 5.70. The number of hydrogen-bond donors (Lipinski definition) is 1. The van der Waals surface area contributed by atoms with Crippen molar-refractivity contribution < 1.29 is 9.90 Å². The molecule has 5 heteroatoms. The molecule has 1 amide bonds. The van der Waals surface area contributed by atoms with E-state index in [9.17, 15) is 9.90 Å². The number of amides is 1. The van der Waals surface area contributed by atoms with Gasteiger partial charge in [-0.2, -0.15) is 5.10 Å². The first-order valence-corrected chi connectivity index (χ1v) is 9.15. The Morgan fingerprint density at radius 3 is 2.60 bits per heavy atom. The molecule has 3 atom stereocenters. The summed E-state index contributed by atoms with van der Waals surface area (Å²) in [6.07, 6.45) is 3.53. The number of aromatic nitrogens is 2. The molecule has 2 aromatic rings. The zero-order chi connectivity index (χ0) is 17.6. The van der Waals surface area contributed by atoms with Crippen molar-refractivity contribution in [2.75, 3.05) is 6.54 Å². The molecule has 132 valence electrons. The zero-order valence-electron chi connectivity index (χ0n) is 14.9. The fraction of sp³-hybridized carbons (Fsp3) is 0.500. The van der Waals surface area contributed by atoms with Crippen molar-refractivity contribution in [2.45, 2.75) is 51.7 Å². The van der Waals surface area contributed by atoms with E-state index in [1.807, 2.05) is 53.8 Å². The van der Waals surface area contributed by atoms with E-state index < -0.39 is 0 Å². The standard InChI is InChI=1S/C20H25N3O2/c1-13-11-14(2)23(21-13)17-6-4-16(5-7-17)20(25)22-10-9-15-3-8-19(24)18(22)12-15/h4-7,11,15,18-19,24H,3,8-10,12H2,1-2H3. The van der Waals surface area contributed by atoms with Gasteiger partial charge < -0.3 is 10.0 Å². The number of fused-ring (bicyclic) bond motifs is 2. The van der Waals surface area contributed by atoms with Crippen LogP contribution < -0.4 is 0 Å². The van der Waals surface area contributed by atoms with E-state index >= 15 is 0 Å². The molecule has 1 saturated heterocycles. The summed E-state index contributed by atoms with van der Waals surface area (Å²) in [6, 6.07) is 9.64. The van der Waals surface area contributed by atoms with Gasteiger partial charge in [-0.15, -0.1) is 0 Å². The lowest BCUT2D eigenvalue weighted by atomic mass is 9.78. The molecule has 2 bridgehead atoms. The maximum atomic E-state index is 13.0. The largest absolute Gasteiger partial charge is 0.391 e. The van der Waals surface area contributed by atoms with Crippen LogP contribution in [-0.4, -0.2) is 44.4 Å². The van der Waals surface area contributed by atoms with E-state index in [1.54, 1.807) is 0 Å². The Morgan fingerprint density at radius 2 is 1.92 bits per heavy atom. The van der Waals surface area contributed by atoms with Crippen LogP contribution in [-0.2, 0) is 0 Å². The molecule has 3 unspecified atom stereocenters. The fourth-order valence-corrected chi connectivity index (χ4v) is 4.35.